The van der Waals surface area contributed by atoms with Crippen molar-refractivity contribution in [2.24, 2.45) is 0 Å². The maximum absolute atomic E-state index is 12.9. The highest BCUT2D eigenvalue weighted by Gasteiger charge is 2.27. The first-order valence-corrected chi connectivity index (χ1v) is 27.2. The van der Waals surface area contributed by atoms with Crippen molar-refractivity contribution in [2.75, 3.05) is 40.9 Å². The molecule has 8 nitrogen and oxygen atoms in total. The number of phosphoric ester groups is 1. The zero-order chi connectivity index (χ0) is 45.7. The van der Waals surface area contributed by atoms with Gasteiger partial charge >= 0.3 is 7.82 Å². The van der Waals surface area contributed by atoms with Gasteiger partial charge in [0, 0.05) is 6.42 Å². The van der Waals surface area contributed by atoms with E-state index in [1.54, 1.807) is 6.08 Å². The van der Waals surface area contributed by atoms with Crippen molar-refractivity contribution >= 4 is 13.7 Å². The Morgan fingerprint density at radius 2 is 0.935 bits per heavy atom. The highest BCUT2D eigenvalue weighted by molar-refractivity contribution is 7.47. The van der Waals surface area contributed by atoms with Gasteiger partial charge < -0.3 is 19.8 Å². The highest BCUT2D eigenvalue weighted by atomic mass is 31.2. The van der Waals surface area contributed by atoms with Crippen LogP contribution in [0.4, 0.5) is 0 Å². The number of phosphoric acid groups is 1. The lowest BCUT2D eigenvalue weighted by Gasteiger charge is -2.25. The second kappa shape index (κ2) is 44.4. The summed E-state index contributed by atoms with van der Waals surface area (Å²) in [6, 6.07) is -0.873. The summed E-state index contributed by atoms with van der Waals surface area (Å²) < 4.78 is 23.6. The Hall–Kier alpha value is -1.80. The topological polar surface area (TPSA) is 105 Å². The van der Waals surface area contributed by atoms with Crippen LogP contribution in [0.3, 0.4) is 0 Å². The predicted molar refractivity (Wildman–Crippen MR) is 267 cm³/mol. The molecule has 0 aliphatic rings. The Bertz CT molecular complexity index is 1190. The van der Waals surface area contributed by atoms with E-state index in [1.807, 2.05) is 27.2 Å². The van der Waals surface area contributed by atoms with Crippen LogP contribution < -0.4 is 5.32 Å². The van der Waals surface area contributed by atoms with E-state index in [2.05, 4.69) is 67.8 Å². The molecule has 0 bridgehead atoms. The molecule has 1 amide bonds. The zero-order valence-corrected chi connectivity index (χ0v) is 42.0. The quantitative estimate of drug-likeness (QED) is 0.0243. The molecule has 3 atom stereocenters. The van der Waals surface area contributed by atoms with Gasteiger partial charge in [0.2, 0.25) is 5.91 Å². The molecule has 0 aliphatic carbocycles. The van der Waals surface area contributed by atoms with Gasteiger partial charge in [0.05, 0.1) is 39.9 Å². The monoisotopic (exact) mass is 892 g/mol. The molecule has 0 heterocycles. The molecule has 362 valence electrons. The maximum Gasteiger partial charge on any atom is 0.472 e. The van der Waals surface area contributed by atoms with E-state index >= 15 is 0 Å². The lowest BCUT2D eigenvalue weighted by molar-refractivity contribution is -0.870. The summed E-state index contributed by atoms with van der Waals surface area (Å²) in [5, 5.41) is 13.9. The minimum absolute atomic E-state index is 0.0512. The Kier molecular flexibility index (Phi) is 43.1. The molecule has 0 radical (unpaired) electrons. The fraction of sp³-hybridized carbons (Fsp3) is 0.792. The summed E-state index contributed by atoms with van der Waals surface area (Å²) in [6.45, 7) is 4.76. The number of likely N-dealkylation sites (N-methyl/N-ethyl adjacent to an activating group) is 1. The van der Waals surface area contributed by atoms with Gasteiger partial charge in [-0.15, -0.1) is 0 Å². The summed E-state index contributed by atoms with van der Waals surface area (Å²) in [7, 11) is 1.54. The van der Waals surface area contributed by atoms with Crippen molar-refractivity contribution < 1.29 is 32.9 Å². The molecular formula is C53H100N2O6P+. The van der Waals surface area contributed by atoms with Crippen LogP contribution in [0, 0.1) is 0 Å². The molecule has 0 rings (SSSR count). The van der Waals surface area contributed by atoms with E-state index in [0.717, 1.165) is 64.2 Å². The number of carbonyl (C=O) groups is 1. The maximum atomic E-state index is 12.9. The molecule has 0 spiro atoms. The van der Waals surface area contributed by atoms with Crippen molar-refractivity contribution in [3.05, 3.63) is 60.8 Å². The molecule has 0 aromatic rings. The standard InChI is InChI=1S/C53H99N2O6P/c1-6-8-10-12-14-16-18-20-22-24-26-27-29-30-32-34-36-38-40-42-44-46-52(56)51(50-61-62(58,59)60-49-48-55(3,4)5)54-53(57)47-45-43-41-39-37-35-33-31-28-25-23-21-19-17-15-13-11-9-7-2/h15,17,21,23,28,31,36,38,44,46,51-52,56H,6-14,16,18-20,22,24-27,29-30,32-35,37,39-43,45,47-50H2,1-5H3,(H-,54,57,58,59)/p+1/b17-15-,23-21-,31-28-,38-36+,46-44+. The van der Waals surface area contributed by atoms with Crippen LogP contribution in [-0.4, -0.2) is 73.4 Å². The number of carbonyl (C=O) groups excluding carboxylic acids is 1. The number of hydrogen-bond donors (Lipinski definition) is 3. The van der Waals surface area contributed by atoms with E-state index in [1.165, 1.54) is 135 Å². The number of hydrogen-bond acceptors (Lipinski definition) is 5. The normalized spacial score (nSPS) is 14.6. The molecule has 9 heteroatoms. The largest absolute Gasteiger partial charge is 0.472 e. The fourth-order valence-corrected chi connectivity index (χ4v) is 7.86. The SMILES string of the molecule is CCCCC/C=C\C/C=C\C/C=C\CCCCCCCCC(=O)NC(COP(=O)(O)OCC[N+](C)(C)C)C(O)/C=C/CC/C=C/CCCCCCCCCCCCCCCCC. The minimum Gasteiger partial charge on any atom is -0.387 e. The van der Waals surface area contributed by atoms with E-state index in [9.17, 15) is 19.4 Å². The molecule has 0 saturated carbocycles. The first kappa shape index (κ1) is 60.2. The number of unbranched alkanes of at least 4 members (excludes halogenated alkanes) is 25. The van der Waals surface area contributed by atoms with Crippen LogP contribution in [0.15, 0.2) is 60.8 Å². The van der Waals surface area contributed by atoms with Crippen LogP contribution in [-0.2, 0) is 18.4 Å². The van der Waals surface area contributed by atoms with Gasteiger partial charge in [-0.25, -0.2) is 4.57 Å². The molecule has 0 aromatic heterocycles. The molecule has 0 saturated heterocycles. The van der Waals surface area contributed by atoms with Gasteiger partial charge in [0.25, 0.3) is 0 Å². The lowest BCUT2D eigenvalue weighted by Crippen LogP contribution is -2.45. The third-order valence-corrected chi connectivity index (χ3v) is 12.2. The van der Waals surface area contributed by atoms with E-state index in [4.69, 9.17) is 9.05 Å². The van der Waals surface area contributed by atoms with Gasteiger partial charge in [0.15, 0.2) is 0 Å². The second-order valence-corrected chi connectivity index (χ2v) is 20.0. The number of aliphatic hydroxyl groups is 1. The third-order valence-electron chi connectivity index (χ3n) is 11.2. The van der Waals surface area contributed by atoms with Crippen molar-refractivity contribution in [2.45, 2.75) is 231 Å². The molecule has 0 aromatic carbocycles. The number of rotatable bonds is 46. The van der Waals surface area contributed by atoms with Gasteiger partial charge in [-0.3, -0.25) is 13.8 Å². The number of aliphatic hydroxyl groups excluding tert-OH is 1. The number of amides is 1. The minimum atomic E-state index is -4.36. The van der Waals surface area contributed by atoms with Crippen molar-refractivity contribution in [3.8, 4) is 0 Å². The van der Waals surface area contributed by atoms with E-state index in [-0.39, 0.29) is 19.1 Å². The fourth-order valence-electron chi connectivity index (χ4n) is 7.12. The highest BCUT2D eigenvalue weighted by Crippen LogP contribution is 2.43. The summed E-state index contributed by atoms with van der Waals surface area (Å²) in [5.41, 5.74) is 0. The van der Waals surface area contributed by atoms with E-state index in [0.29, 0.717) is 17.4 Å². The Labute approximate surface area is 383 Å². The summed E-state index contributed by atoms with van der Waals surface area (Å²) in [4.78, 5) is 23.2. The van der Waals surface area contributed by atoms with Crippen LogP contribution >= 0.6 is 7.82 Å². The Morgan fingerprint density at radius 1 is 0.548 bits per heavy atom. The lowest BCUT2D eigenvalue weighted by atomic mass is 10.0. The number of quaternary nitrogens is 1. The number of nitrogens with one attached hydrogen (secondary N) is 1. The summed E-state index contributed by atoms with van der Waals surface area (Å²) in [5.74, 6) is -0.200. The Balaban J connectivity index is 4.40. The molecule has 3 N–H and O–H groups in total. The van der Waals surface area contributed by atoms with Crippen molar-refractivity contribution in [1.82, 2.24) is 5.32 Å². The van der Waals surface area contributed by atoms with Crippen LogP contribution in [0.1, 0.15) is 219 Å². The van der Waals surface area contributed by atoms with Gasteiger partial charge in [-0.2, -0.15) is 0 Å². The first-order chi connectivity index (χ1) is 30.0. The predicted octanol–water partition coefficient (Wildman–Crippen LogP) is 15.0. The van der Waals surface area contributed by atoms with Crippen LogP contribution in [0.2, 0.25) is 0 Å². The molecule has 3 unspecified atom stereocenters. The smallest absolute Gasteiger partial charge is 0.387 e. The molecule has 0 fully saturated rings. The first-order valence-electron chi connectivity index (χ1n) is 25.7. The number of nitrogens with zero attached hydrogens (tertiary/aromatic N) is 1. The van der Waals surface area contributed by atoms with Crippen LogP contribution in [0.25, 0.3) is 0 Å². The van der Waals surface area contributed by atoms with Gasteiger partial charge in [-0.1, -0.05) is 203 Å². The molecule has 0 aliphatic heterocycles. The molecule has 62 heavy (non-hydrogen) atoms. The average Bonchev–Trinajstić information content (AvgIpc) is 3.23. The van der Waals surface area contributed by atoms with Crippen molar-refractivity contribution in [3.63, 3.8) is 0 Å². The van der Waals surface area contributed by atoms with Crippen molar-refractivity contribution in [1.29, 1.82) is 0 Å². The zero-order valence-electron chi connectivity index (χ0n) is 41.1. The summed E-state index contributed by atoms with van der Waals surface area (Å²) >= 11 is 0. The summed E-state index contributed by atoms with van der Waals surface area (Å²) in [6.07, 6.45) is 58.7. The Morgan fingerprint density at radius 3 is 1.44 bits per heavy atom. The third kappa shape index (κ3) is 46.2. The van der Waals surface area contributed by atoms with E-state index < -0.39 is 20.0 Å². The average molecular weight is 892 g/mol. The van der Waals surface area contributed by atoms with Gasteiger partial charge in [-0.05, 0) is 70.6 Å². The second-order valence-electron chi connectivity index (χ2n) is 18.5. The molecular weight excluding hydrogens is 792 g/mol. The van der Waals surface area contributed by atoms with Crippen LogP contribution in [0.5, 0.6) is 0 Å². The van der Waals surface area contributed by atoms with Gasteiger partial charge in [0.1, 0.15) is 13.2 Å². The number of allylic oxidation sites excluding steroid dienone is 9.